The first-order valence-corrected chi connectivity index (χ1v) is 9.51. The average molecular weight is 398 g/mol. The number of aromatic nitrogens is 1. The van der Waals surface area contributed by atoms with Crippen molar-refractivity contribution in [3.05, 3.63) is 83.7 Å². The van der Waals surface area contributed by atoms with Crippen molar-refractivity contribution in [2.45, 2.75) is 19.1 Å². The molecule has 2 N–H and O–H groups in total. The molecule has 0 saturated heterocycles. The van der Waals surface area contributed by atoms with Gasteiger partial charge in [-0.1, -0.05) is 12.1 Å². The van der Waals surface area contributed by atoms with E-state index in [0.717, 1.165) is 23.0 Å². The summed E-state index contributed by atoms with van der Waals surface area (Å²) in [6.07, 6.45) is 0.0399. The van der Waals surface area contributed by atoms with Crippen molar-refractivity contribution in [2.24, 2.45) is 0 Å². The number of aliphatic hydroxyl groups excluding tert-OH is 1. The molecule has 1 unspecified atom stereocenters. The van der Waals surface area contributed by atoms with Gasteiger partial charge >= 0.3 is 0 Å². The molecule has 4 rings (SSSR count). The lowest BCUT2D eigenvalue weighted by molar-refractivity contribution is 0.154. The molecule has 0 amide bonds. The lowest BCUT2D eigenvalue weighted by Crippen LogP contribution is -2.31. The first kappa shape index (κ1) is 19.5. The lowest BCUT2D eigenvalue weighted by Gasteiger charge is -2.15. The molecule has 0 saturated carbocycles. The van der Waals surface area contributed by atoms with E-state index in [0.29, 0.717) is 30.4 Å². The van der Waals surface area contributed by atoms with Crippen LogP contribution in [0, 0.1) is 17.5 Å². The molecule has 0 fully saturated rings. The summed E-state index contributed by atoms with van der Waals surface area (Å²) in [4.78, 5) is 0. The molecule has 0 aliphatic heterocycles. The van der Waals surface area contributed by atoms with Gasteiger partial charge in [-0.3, -0.25) is 0 Å². The molecule has 1 atom stereocenters. The van der Waals surface area contributed by atoms with Crippen LogP contribution in [0.15, 0.2) is 60.7 Å². The summed E-state index contributed by atoms with van der Waals surface area (Å²) in [5.41, 5.74) is 2.51. The molecular formula is C23H21F3N2O. The van der Waals surface area contributed by atoms with Crippen LogP contribution < -0.4 is 5.32 Å². The van der Waals surface area contributed by atoms with Crippen LogP contribution in [0.3, 0.4) is 0 Å². The zero-order valence-corrected chi connectivity index (χ0v) is 15.7. The number of rotatable bonds is 7. The van der Waals surface area contributed by atoms with Crippen molar-refractivity contribution in [1.29, 1.82) is 0 Å². The van der Waals surface area contributed by atoms with E-state index in [9.17, 15) is 18.3 Å². The van der Waals surface area contributed by atoms with Crippen molar-refractivity contribution in [2.75, 3.05) is 13.1 Å². The van der Waals surface area contributed by atoms with E-state index in [1.165, 1.54) is 36.4 Å². The van der Waals surface area contributed by atoms with Gasteiger partial charge in [-0.25, -0.2) is 13.2 Å². The second kappa shape index (κ2) is 8.27. The van der Waals surface area contributed by atoms with Gasteiger partial charge in [0.15, 0.2) is 0 Å². The number of aliphatic hydroxyl groups is 1. The van der Waals surface area contributed by atoms with Crippen molar-refractivity contribution in [1.82, 2.24) is 9.88 Å². The normalized spacial score (nSPS) is 12.7. The van der Waals surface area contributed by atoms with Gasteiger partial charge < -0.3 is 15.0 Å². The van der Waals surface area contributed by atoms with E-state index in [1.54, 1.807) is 24.3 Å². The topological polar surface area (TPSA) is 37.2 Å². The Morgan fingerprint density at radius 1 is 0.793 bits per heavy atom. The highest BCUT2D eigenvalue weighted by Crippen LogP contribution is 2.30. The molecule has 0 aliphatic carbocycles. The van der Waals surface area contributed by atoms with E-state index in [2.05, 4.69) is 5.32 Å². The fourth-order valence-corrected chi connectivity index (χ4v) is 3.67. The number of nitrogens with one attached hydrogen (secondary N) is 1. The molecule has 4 aromatic rings. The van der Waals surface area contributed by atoms with Crippen LogP contribution in [-0.2, 0) is 13.0 Å². The van der Waals surface area contributed by atoms with Gasteiger partial charge in [-0.2, -0.15) is 0 Å². The molecule has 1 aromatic heterocycles. The minimum atomic E-state index is -0.683. The molecule has 0 radical (unpaired) electrons. The average Bonchev–Trinajstić information content (AvgIpc) is 2.99. The van der Waals surface area contributed by atoms with E-state index in [1.807, 2.05) is 4.57 Å². The van der Waals surface area contributed by atoms with Crippen molar-refractivity contribution in [3.63, 3.8) is 0 Å². The maximum Gasteiger partial charge on any atom is 0.123 e. The Kier molecular flexibility index (Phi) is 5.56. The number of fused-ring (bicyclic) bond motifs is 3. The van der Waals surface area contributed by atoms with Crippen LogP contribution in [0.25, 0.3) is 21.8 Å². The van der Waals surface area contributed by atoms with Crippen molar-refractivity contribution < 1.29 is 18.3 Å². The molecule has 0 bridgehead atoms. The summed E-state index contributed by atoms with van der Waals surface area (Å²) in [5, 5.41) is 14.9. The molecule has 1 heterocycles. The van der Waals surface area contributed by atoms with E-state index in [-0.39, 0.29) is 17.5 Å². The Morgan fingerprint density at radius 3 is 1.93 bits per heavy atom. The predicted molar refractivity (Wildman–Crippen MR) is 108 cm³/mol. The highest BCUT2D eigenvalue weighted by molar-refractivity contribution is 6.08. The molecule has 0 spiro atoms. The molecule has 0 aliphatic rings. The molecule has 6 heteroatoms. The molecule has 3 aromatic carbocycles. The Morgan fingerprint density at radius 2 is 1.34 bits per heavy atom. The van der Waals surface area contributed by atoms with Crippen LogP contribution in [-0.4, -0.2) is 28.9 Å². The zero-order chi connectivity index (χ0) is 20.4. The standard InChI is InChI=1S/C23H21F3N2O/c24-16-3-1-15(2-4-16)9-10-27-13-19(29)14-28-22-7-5-17(25)11-20(22)21-12-18(26)6-8-23(21)28/h1-8,11-12,19,27,29H,9-10,13-14H2. The summed E-state index contributed by atoms with van der Waals surface area (Å²) >= 11 is 0. The number of hydrogen-bond acceptors (Lipinski definition) is 2. The third kappa shape index (κ3) is 4.28. The van der Waals surface area contributed by atoms with Crippen LogP contribution in [0.5, 0.6) is 0 Å². The maximum atomic E-state index is 13.7. The van der Waals surface area contributed by atoms with Gasteiger partial charge in [-0.05, 0) is 67.1 Å². The highest BCUT2D eigenvalue weighted by Gasteiger charge is 2.15. The Labute approximate surface area is 166 Å². The molecular weight excluding hydrogens is 377 g/mol. The first-order chi connectivity index (χ1) is 14.0. The third-order valence-electron chi connectivity index (χ3n) is 5.07. The number of halogens is 3. The van der Waals surface area contributed by atoms with Crippen molar-refractivity contribution >= 4 is 21.8 Å². The highest BCUT2D eigenvalue weighted by atomic mass is 19.1. The number of benzene rings is 3. The number of hydrogen-bond donors (Lipinski definition) is 2. The van der Waals surface area contributed by atoms with Crippen LogP contribution in [0.1, 0.15) is 5.56 Å². The molecule has 29 heavy (non-hydrogen) atoms. The SMILES string of the molecule is OC(CNCCc1ccc(F)cc1)Cn1c2ccc(F)cc2c2cc(F)ccc21. The first-order valence-electron chi connectivity index (χ1n) is 9.51. The molecule has 3 nitrogen and oxygen atoms in total. The summed E-state index contributed by atoms with van der Waals surface area (Å²) < 4.78 is 42.3. The minimum absolute atomic E-state index is 0.261. The fourth-order valence-electron chi connectivity index (χ4n) is 3.67. The molecule has 150 valence electrons. The number of nitrogens with zero attached hydrogens (tertiary/aromatic N) is 1. The zero-order valence-electron chi connectivity index (χ0n) is 15.7. The van der Waals surface area contributed by atoms with Crippen molar-refractivity contribution in [3.8, 4) is 0 Å². The lowest BCUT2D eigenvalue weighted by atomic mass is 10.1. The van der Waals surface area contributed by atoms with E-state index in [4.69, 9.17) is 0 Å². The van der Waals surface area contributed by atoms with Gasteiger partial charge in [0.25, 0.3) is 0 Å². The second-order valence-electron chi connectivity index (χ2n) is 7.17. The summed E-state index contributed by atoms with van der Waals surface area (Å²) in [7, 11) is 0. The Bertz CT molecular complexity index is 1080. The van der Waals surface area contributed by atoms with Gasteiger partial charge in [0.05, 0.1) is 12.6 Å². The summed E-state index contributed by atoms with van der Waals surface area (Å²) in [6, 6.07) is 15.1. The monoisotopic (exact) mass is 398 g/mol. The minimum Gasteiger partial charge on any atom is -0.390 e. The quantitative estimate of drug-likeness (QED) is 0.453. The van der Waals surface area contributed by atoms with Crippen LogP contribution in [0.4, 0.5) is 13.2 Å². The second-order valence-corrected chi connectivity index (χ2v) is 7.17. The van der Waals surface area contributed by atoms with Crippen LogP contribution >= 0.6 is 0 Å². The van der Waals surface area contributed by atoms with Gasteiger partial charge in [0.1, 0.15) is 17.5 Å². The summed E-state index contributed by atoms with van der Waals surface area (Å²) in [5.74, 6) is -1.03. The van der Waals surface area contributed by atoms with E-state index >= 15 is 0 Å². The largest absolute Gasteiger partial charge is 0.390 e. The fraction of sp³-hybridized carbons (Fsp3) is 0.217. The third-order valence-corrected chi connectivity index (χ3v) is 5.07. The van der Waals surface area contributed by atoms with Gasteiger partial charge in [-0.15, -0.1) is 0 Å². The Hall–Kier alpha value is -2.83. The Balaban J connectivity index is 1.46. The smallest absolute Gasteiger partial charge is 0.123 e. The predicted octanol–water partition coefficient (Wildman–Crippen LogP) is 4.41. The maximum absolute atomic E-state index is 13.7. The van der Waals surface area contributed by atoms with Gasteiger partial charge in [0.2, 0.25) is 0 Å². The summed E-state index contributed by atoms with van der Waals surface area (Å²) in [6.45, 7) is 1.30. The van der Waals surface area contributed by atoms with Crippen LogP contribution in [0.2, 0.25) is 0 Å². The van der Waals surface area contributed by atoms with Gasteiger partial charge in [0, 0.05) is 28.4 Å². The van der Waals surface area contributed by atoms with E-state index < -0.39 is 6.10 Å².